The molecular weight excluding hydrogens is 312 g/mol. The van der Waals surface area contributed by atoms with Crippen LogP contribution in [-0.4, -0.2) is 23.8 Å². The van der Waals surface area contributed by atoms with Gasteiger partial charge in [0.05, 0.1) is 31.7 Å². The number of thiazole rings is 1. The van der Waals surface area contributed by atoms with Crippen LogP contribution in [0.1, 0.15) is 17.3 Å². The molecule has 0 bridgehead atoms. The lowest BCUT2D eigenvalue weighted by atomic mass is 10.1. The quantitative estimate of drug-likeness (QED) is 0.696. The predicted molar refractivity (Wildman–Crippen MR) is 89.5 cm³/mol. The molecule has 1 aromatic carbocycles. The number of benzene rings is 1. The number of nitrogens with one attached hydrogen (secondary N) is 1. The third kappa shape index (κ3) is 3.79. The van der Waals surface area contributed by atoms with Gasteiger partial charge in [-0.15, -0.1) is 11.3 Å². The van der Waals surface area contributed by atoms with Crippen molar-refractivity contribution in [3.63, 3.8) is 0 Å². The van der Waals surface area contributed by atoms with Crippen LogP contribution in [0.5, 0.6) is 5.75 Å². The molecule has 0 radical (unpaired) electrons. The predicted octanol–water partition coefficient (Wildman–Crippen LogP) is 3.23. The van der Waals surface area contributed by atoms with Crippen LogP contribution in [-0.2, 0) is 6.54 Å². The molecule has 6 heteroatoms. The first kappa shape index (κ1) is 15.7. The van der Waals surface area contributed by atoms with E-state index in [1.807, 2.05) is 41.8 Å². The Hall–Kier alpha value is -2.15. The molecule has 0 spiro atoms. The minimum atomic E-state index is -0.168. The number of aromatic nitrogens is 1. The first-order valence-corrected chi connectivity index (χ1v) is 8.14. The van der Waals surface area contributed by atoms with E-state index in [9.17, 15) is 5.11 Å². The van der Waals surface area contributed by atoms with E-state index in [1.165, 1.54) is 0 Å². The summed E-state index contributed by atoms with van der Waals surface area (Å²) in [6.45, 7) is 0.571. The third-order valence-corrected chi connectivity index (χ3v) is 4.40. The second kappa shape index (κ2) is 7.41. The highest BCUT2D eigenvalue weighted by molar-refractivity contribution is 7.13. The summed E-state index contributed by atoms with van der Waals surface area (Å²) in [6.07, 6.45) is 1.64. The van der Waals surface area contributed by atoms with Gasteiger partial charge < -0.3 is 19.6 Å². The molecule has 2 N–H and O–H groups in total. The van der Waals surface area contributed by atoms with Crippen LogP contribution in [0.15, 0.2) is 52.5 Å². The highest BCUT2D eigenvalue weighted by Gasteiger charge is 2.12. The van der Waals surface area contributed by atoms with E-state index in [0.717, 1.165) is 27.8 Å². The van der Waals surface area contributed by atoms with Gasteiger partial charge in [0.15, 0.2) is 10.8 Å². The maximum Gasteiger partial charge on any atom is 0.162 e. The number of aliphatic hydroxyl groups excluding tert-OH is 1. The average molecular weight is 330 g/mol. The Balaban J connectivity index is 1.66. The van der Waals surface area contributed by atoms with Gasteiger partial charge in [0, 0.05) is 11.9 Å². The molecule has 5 nitrogen and oxygen atoms in total. The third-order valence-electron chi connectivity index (χ3n) is 3.49. The van der Waals surface area contributed by atoms with Crippen LogP contribution < -0.4 is 10.1 Å². The zero-order chi connectivity index (χ0) is 16.1. The summed E-state index contributed by atoms with van der Waals surface area (Å²) in [5.74, 6) is 1.55. The summed E-state index contributed by atoms with van der Waals surface area (Å²) < 4.78 is 10.6. The number of aliphatic hydroxyl groups is 1. The Bertz CT molecular complexity index is 740. The maximum atomic E-state index is 9.64. The number of furan rings is 1. The lowest BCUT2D eigenvalue weighted by molar-refractivity contribution is 0.243. The number of methoxy groups -OCH3 is 1. The summed E-state index contributed by atoms with van der Waals surface area (Å²) in [5.41, 5.74) is 1.90. The standard InChI is InChI=1S/C17H18N2O3S/c1-21-14-5-2-4-12(8-14)15(10-20)18-9-13-11-23-17(19-13)16-6-3-7-22-16/h2-8,11,15,18,20H,9-10H2,1H3. The van der Waals surface area contributed by atoms with Crippen LogP contribution in [0.2, 0.25) is 0 Å². The summed E-state index contributed by atoms with van der Waals surface area (Å²) >= 11 is 1.54. The molecular formula is C17H18N2O3S. The topological polar surface area (TPSA) is 67.5 Å². The minimum Gasteiger partial charge on any atom is -0.497 e. The van der Waals surface area contributed by atoms with Crippen molar-refractivity contribution in [3.05, 3.63) is 59.3 Å². The summed E-state index contributed by atoms with van der Waals surface area (Å²) in [5, 5.41) is 15.8. The Morgan fingerprint density at radius 1 is 1.35 bits per heavy atom. The van der Waals surface area contributed by atoms with Crippen LogP contribution >= 0.6 is 11.3 Å². The molecule has 120 valence electrons. The minimum absolute atomic E-state index is 0.00233. The van der Waals surface area contributed by atoms with Crippen molar-refractivity contribution in [1.82, 2.24) is 10.3 Å². The summed E-state index contributed by atoms with van der Waals surface area (Å²) in [7, 11) is 1.63. The fraction of sp³-hybridized carbons (Fsp3) is 0.235. The monoisotopic (exact) mass is 330 g/mol. The van der Waals surface area contributed by atoms with Crippen LogP contribution in [0.4, 0.5) is 0 Å². The van der Waals surface area contributed by atoms with Crippen molar-refractivity contribution in [3.8, 4) is 16.5 Å². The van der Waals surface area contributed by atoms with Crippen LogP contribution in [0, 0.1) is 0 Å². The largest absolute Gasteiger partial charge is 0.497 e. The van der Waals surface area contributed by atoms with Crippen molar-refractivity contribution in [2.24, 2.45) is 0 Å². The van der Waals surface area contributed by atoms with E-state index < -0.39 is 0 Å². The van der Waals surface area contributed by atoms with Crippen LogP contribution in [0.3, 0.4) is 0 Å². The second-order valence-electron chi connectivity index (χ2n) is 5.01. The molecule has 0 aliphatic rings. The fourth-order valence-electron chi connectivity index (χ4n) is 2.28. The molecule has 23 heavy (non-hydrogen) atoms. The van der Waals surface area contributed by atoms with E-state index in [0.29, 0.717) is 6.54 Å². The zero-order valence-electron chi connectivity index (χ0n) is 12.7. The number of rotatable bonds is 7. The van der Waals surface area contributed by atoms with Crippen molar-refractivity contribution >= 4 is 11.3 Å². The smallest absolute Gasteiger partial charge is 0.162 e. The number of ether oxygens (including phenoxy) is 1. The molecule has 2 heterocycles. The van der Waals surface area contributed by atoms with E-state index in [2.05, 4.69) is 10.3 Å². The average Bonchev–Trinajstić information content (AvgIpc) is 3.27. The molecule has 0 fully saturated rings. The molecule has 3 rings (SSSR count). The zero-order valence-corrected chi connectivity index (χ0v) is 13.5. The van der Waals surface area contributed by atoms with Gasteiger partial charge >= 0.3 is 0 Å². The molecule has 2 aromatic heterocycles. The van der Waals surface area contributed by atoms with Crippen LogP contribution in [0.25, 0.3) is 10.8 Å². The maximum absolute atomic E-state index is 9.64. The number of hydrogen-bond donors (Lipinski definition) is 2. The van der Waals surface area contributed by atoms with Crippen molar-refractivity contribution in [2.75, 3.05) is 13.7 Å². The Labute approximate surface area is 138 Å². The molecule has 1 atom stereocenters. The lowest BCUT2D eigenvalue weighted by Crippen LogP contribution is -2.24. The normalized spacial score (nSPS) is 12.3. The van der Waals surface area contributed by atoms with Gasteiger partial charge in [0.2, 0.25) is 0 Å². The number of hydrogen-bond acceptors (Lipinski definition) is 6. The van der Waals surface area contributed by atoms with Gasteiger partial charge in [-0.1, -0.05) is 12.1 Å². The highest BCUT2D eigenvalue weighted by Crippen LogP contribution is 2.24. The van der Waals surface area contributed by atoms with E-state index in [4.69, 9.17) is 9.15 Å². The first-order chi connectivity index (χ1) is 11.3. The molecule has 0 amide bonds. The van der Waals surface area contributed by atoms with Gasteiger partial charge in [-0.25, -0.2) is 4.98 Å². The SMILES string of the molecule is COc1cccc(C(CO)NCc2csc(-c3ccco3)n2)c1. The van der Waals surface area contributed by atoms with Crippen molar-refractivity contribution in [2.45, 2.75) is 12.6 Å². The van der Waals surface area contributed by atoms with Gasteiger partial charge in [-0.05, 0) is 29.8 Å². The Kier molecular flexibility index (Phi) is 5.07. The Morgan fingerprint density at radius 3 is 3.00 bits per heavy atom. The second-order valence-corrected chi connectivity index (χ2v) is 5.87. The van der Waals surface area contributed by atoms with Gasteiger partial charge in [0.1, 0.15) is 5.75 Å². The molecule has 0 saturated carbocycles. The van der Waals surface area contributed by atoms with Gasteiger partial charge in [0.25, 0.3) is 0 Å². The first-order valence-electron chi connectivity index (χ1n) is 7.26. The fourth-order valence-corrected chi connectivity index (χ4v) is 3.06. The molecule has 0 saturated heterocycles. The van der Waals surface area contributed by atoms with E-state index in [1.54, 1.807) is 24.7 Å². The molecule has 0 aliphatic heterocycles. The summed E-state index contributed by atoms with van der Waals surface area (Å²) in [4.78, 5) is 4.54. The molecule has 1 unspecified atom stereocenters. The number of nitrogens with zero attached hydrogens (tertiary/aromatic N) is 1. The van der Waals surface area contributed by atoms with Crippen molar-refractivity contribution < 1.29 is 14.3 Å². The molecule has 3 aromatic rings. The van der Waals surface area contributed by atoms with Gasteiger partial charge in [-0.3, -0.25) is 0 Å². The van der Waals surface area contributed by atoms with E-state index in [-0.39, 0.29) is 12.6 Å². The molecule has 0 aliphatic carbocycles. The highest BCUT2D eigenvalue weighted by atomic mass is 32.1. The van der Waals surface area contributed by atoms with Gasteiger partial charge in [-0.2, -0.15) is 0 Å². The summed E-state index contributed by atoms with van der Waals surface area (Å²) in [6, 6.07) is 11.3. The van der Waals surface area contributed by atoms with Crippen molar-refractivity contribution in [1.29, 1.82) is 0 Å². The van der Waals surface area contributed by atoms with E-state index >= 15 is 0 Å². The lowest BCUT2D eigenvalue weighted by Gasteiger charge is -2.16. The Morgan fingerprint density at radius 2 is 2.26 bits per heavy atom.